The van der Waals surface area contributed by atoms with Gasteiger partial charge < -0.3 is 35.6 Å². The molecule has 5 heterocycles. The minimum atomic E-state index is -0.674. The van der Waals surface area contributed by atoms with E-state index in [0.717, 1.165) is 70.8 Å². The lowest BCUT2D eigenvalue weighted by atomic mass is 9.71. The number of nitrogens with one attached hydrogen (secondary N) is 2. The van der Waals surface area contributed by atoms with E-state index in [0.29, 0.717) is 40.2 Å². The summed E-state index contributed by atoms with van der Waals surface area (Å²) in [6.07, 6.45) is 8.24. The predicted molar refractivity (Wildman–Crippen MR) is 183 cm³/mol. The summed E-state index contributed by atoms with van der Waals surface area (Å²) in [5, 5.41) is 6.99. The second-order valence-electron chi connectivity index (χ2n) is 13.7. The summed E-state index contributed by atoms with van der Waals surface area (Å²) in [4.78, 5) is 34.6. The Morgan fingerprint density at radius 2 is 1.66 bits per heavy atom. The van der Waals surface area contributed by atoms with E-state index in [4.69, 9.17) is 25.2 Å². The first kappa shape index (κ1) is 31.6. The van der Waals surface area contributed by atoms with Crippen molar-refractivity contribution in [1.82, 2.24) is 24.8 Å². The van der Waals surface area contributed by atoms with Gasteiger partial charge in [-0.1, -0.05) is 0 Å². The fourth-order valence-corrected chi connectivity index (χ4v) is 7.51. The van der Waals surface area contributed by atoms with Gasteiger partial charge in [-0.2, -0.15) is 0 Å². The Hall–Kier alpha value is -4.00. The molecular weight excluding hydrogens is 594 g/mol. The smallest absolute Gasteiger partial charge is 0.271 e. The summed E-state index contributed by atoms with van der Waals surface area (Å²) in [7, 11) is 3.80. The van der Waals surface area contributed by atoms with Crippen LogP contribution in [0, 0.1) is 5.41 Å². The Morgan fingerprint density at radius 3 is 2.30 bits per heavy atom. The molecule has 3 saturated heterocycles. The summed E-state index contributed by atoms with van der Waals surface area (Å²) in [5.74, 6) is 0.713. The zero-order chi connectivity index (χ0) is 32.4. The van der Waals surface area contributed by atoms with Gasteiger partial charge in [0, 0.05) is 74.3 Å². The molecule has 0 unspecified atom stereocenters. The lowest BCUT2D eigenvalue weighted by molar-refractivity contribution is -0.131. The number of anilines is 4. The molecule has 1 amide bonds. The van der Waals surface area contributed by atoms with E-state index in [2.05, 4.69) is 49.5 Å². The van der Waals surface area contributed by atoms with Crippen molar-refractivity contribution < 1.29 is 14.3 Å². The van der Waals surface area contributed by atoms with E-state index in [9.17, 15) is 4.79 Å². The van der Waals surface area contributed by atoms with Crippen molar-refractivity contribution in [2.45, 2.75) is 50.6 Å². The van der Waals surface area contributed by atoms with Gasteiger partial charge >= 0.3 is 0 Å². The molecule has 4 aliphatic rings. The number of piperidine rings is 1. The third-order valence-electron chi connectivity index (χ3n) is 10.6. The first-order chi connectivity index (χ1) is 22.9. The Labute approximate surface area is 277 Å². The molecule has 0 atom stereocenters. The zero-order valence-electron chi connectivity index (χ0n) is 27.6. The number of carbonyl (C=O) groups is 1. The maximum atomic E-state index is 12.8. The largest absolute Gasteiger partial charge is 0.494 e. The Kier molecular flexibility index (Phi) is 9.15. The number of ether oxygens (including phenoxy) is 2. The van der Waals surface area contributed by atoms with Crippen LogP contribution < -0.4 is 26.0 Å². The Bertz CT molecular complexity index is 1540. The molecule has 4 N–H and O–H groups in total. The second-order valence-corrected chi connectivity index (χ2v) is 13.7. The molecular formula is C35H47N9O3. The molecule has 1 saturated carbocycles. The summed E-state index contributed by atoms with van der Waals surface area (Å²) in [6.45, 7) is 8.45. The Morgan fingerprint density at radius 1 is 0.936 bits per heavy atom. The molecule has 0 radical (unpaired) electrons. The van der Waals surface area contributed by atoms with Crippen molar-refractivity contribution in [3.05, 3.63) is 48.3 Å². The van der Waals surface area contributed by atoms with Crippen LogP contribution in [-0.2, 0) is 4.74 Å². The van der Waals surface area contributed by atoms with E-state index >= 15 is 0 Å². The number of hydrogen-bond donors (Lipinski definition) is 3. The van der Waals surface area contributed by atoms with Crippen LogP contribution >= 0.6 is 0 Å². The number of pyridine rings is 1. The second kappa shape index (κ2) is 13.6. The monoisotopic (exact) mass is 641 g/mol. The quantitative estimate of drug-likeness (QED) is 0.313. The summed E-state index contributed by atoms with van der Waals surface area (Å²) in [5.41, 5.74) is 9.19. The summed E-state index contributed by atoms with van der Waals surface area (Å²) >= 11 is 0. The first-order valence-corrected chi connectivity index (χ1v) is 17.0. The number of methoxy groups -OCH3 is 1. The molecule has 2 aromatic heterocycles. The number of amides is 1. The summed E-state index contributed by atoms with van der Waals surface area (Å²) in [6, 6.07) is 12.8. The molecule has 1 aromatic carbocycles. The zero-order valence-corrected chi connectivity index (χ0v) is 27.6. The lowest BCUT2D eigenvalue weighted by Gasteiger charge is -2.46. The SMILES string of the molecule is COc1cccnc1-c1nc(C(N)=O)c(Nc2ccc(N3CCC(N4CCN(C)CC4)CC3)cc2)nc1NC1CCC2(CC1)COC2. The van der Waals surface area contributed by atoms with E-state index in [1.807, 2.05) is 18.2 Å². The molecule has 4 fully saturated rings. The van der Waals surface area contributed by atoms with Gasteiger partial charge in [0.25, 0.3) is 5.91 Å². The van der Waals surface area contributed by atoms with Crippen LogP contribution in [0.4, 0.5) is 23.0 Å². The van der Waals surface area contributed by atoms with Crippen LogP contribution in [0.15, 0.2) is 42.6 Å². The number of piperazine rings is 1. The van der Waals surface area contributed by atoms with Crippen LogP contribution in [0.1, 0.15) is 49.0 Å². The minimum Gasteiger partial charge on any atom is -0.494 e. The molecule has 250 valence electrons. The molecule has 12 nitrogen and oxygen atoms in total. The number of nitrogens with two attached hydrogens (primary N) is 1. The Balaban J connectivity index is 1.10. The average molecular weight is 642 g/mol. The number of carbonyl (C=O) groups excluding carboxylic acids is 1. The lowest BCUT2D eigenvalue weighted by Crippen LogP contribution is -2.52. The van der Waals surface area contributed by atoms with Gasteiger partial charge in [0.1, 0.15) is 17.1 Å². The molecule has 47 heavy (non-hydrogen) atoms. The normalized spacial score (nSPS) is 20.9. The number of rotatable bonds is 9. The van der Waals surface area contributed by atoms with Crippen LogP contribution in [0.5, 0.6) is 5.75 Å². The maximum absolute atomic E-state index is 12.8. The molecule has 7 rings (SSSR count). The summed E-state index contributed by atoms with van der Waals surface area (Å²) < 4.78 is 11.1. The van der Waals surface area contributed by atoms with Gasteiger partial charge in [-0.15, -0.1) is 0 Å². The highest BCUT2D eigenvalue weighted by molar-refractivity contribution is 5.97. The predicted octanol–water partition coefficient (Wildman–Crippen LogP) is 3.98. The number of primary amides is 1. The van der Waals surface area contributed by atoms with Crippen LogP contribution in [-0.4, -0.2) is 109 Å². The fraction of sp³-hybridized carbons (Fsp3) is 0.543. The van der Waals surface area contributed by atoms with Crippen molar-refractivity contribution >= 4 is 28.9 Å². The van der Waals surface area contributed by atoms with Crippen LogP contribution in [0.25, 0.3) is 11.4 Å². The number of nitrogens with zero attached hydrogens (tertiary/aromatic N) is 6. The maximum Gasteiger partial charge on any atom is 0.271 e. The van der Waals surface area contributed by atoms with Crippen molar-refractivity contribution in [2.24, 2.45) is 11.1 Å². The molecule has 0 bridgehead atoms. The number of likely N-dealkylation sites (N-methyl/N-ethyl adjacent to an activating group) is 1. The van der Waals surface area contributed by atoms with E-state index in [1.54, 1.807) is 19.4 Å². The van der Waals surface area contributed by atoms with Gasteiger partial charge in [0.15, 0.2) is 17.3 Å². The minimum absolute atomic E-state index is 0.0440. The molecule has 1 aliphatic carbocycles. The van der Waals surface area contributed by atoms with Gasteiger partial charge in [-0.3, -0.25) is 14.7 Å². The van der Waals surface area contributed by atoms with Crippen LogP contribution in [0.2, 0.25) is 0 Å². The third kappa shape index (κ3) is 6.86. The van der Waals surface area contributed by atoms with Gasteiger partial charge in [0.05, 0.1) is 20.3 Å². The molecule has 1 spiro atoms. The molecule has 3 aliphatic heterocycles. The van der Waals surface area contributed by atoms with Crippen molar-refractivity contribution in [2.75, 3.05) is 82.2 Å². The van der Waals surface area contributed by atoms with Crippen molar-refractivity contribution in [3.63, 3.8) is 0 Å². The molecule has 12 heteroatoms. The third-order valence-corrected chi connectivity index (χ3v) is 10.6. The number of aromatic nitrogens is 3. The van der Waals surface area contributed by atoms with Crippen molar-refractivity contribution in [3.8, 4) is 17.1 Å². The molecule has 3 aromatic rings. The highest BCUT2D eigenvalue weighted by Gasteiger charge is 2.42. The van der Waals surface area contributed by atoms with E-state index in [1.165, 1.54) is 31.6 Å². The van der Waals surface area contributed by atoms with Gasteiger partial charge in [-0.05, 0) is 82.0 Å². The van der Waals surface area contributed by atoms with Gasteiger partial charge in [-0.25, -0.2) is 9.97 Å². The van der Waals surface area contributed by atoms with Crippen LogP contribution in [0.3, 0.4) is 0 Å². The van der Waals surface area contributed by atoms with Gasteiger partial charge in [0.2, 0.25) is 0 Å². The van der Waals surface area contributed by atoms with E-state index < -0.39 is 5.91 Å². The highest BCUT2D eigenvalue weighted by Crippen LogP contribution is 2.43. The van der Waals surface area contributed by atoms with Crippen molar-refractivity contribution in [1.29, 1.82) is 0 Å². The first-order valence-electron chi connectivity index (χ1n) is 17.0. The fourth-order valence-electron chi connectivity index (χ4n) is 7.51. The number of hydrogen-bond acceptors (Lipinski definition) is 11. The standard InChI is InChI=1S/C35H47N9O3/c1-42-18-20-44(21-19-42)27-11-16-43(17-12-27)26-7-5-24(6-8-26)38-34-31(32(36)45)40-30(29-28(46-2)4-3-15-37-29)33(41-34)39-25-9-13-35(14-10-25)22-47-23-35/h3-8,15,25,27H,9-14,16-23H2,1-2H3,(H2,36,45)(H2,38,39,41). The number of benzene rings is 1. The topological polar surface area (TPSA) is 134 Å². The average Bonchev–Trinajstić information content (AvgIpc) is 3.09. The highest BCUT2D eigenvalue weighted by atomic mass is 16.5. The van der Waals surface area contributed by atoms with E-state index in [-0.39, 0.29) is 11.7 Å².